The molecule has 70 valence electrons. The van der Waals surface area contributed by atoms with Crippen LogP contribution in [0.5, 0.6) is 0 Å². The van der Waals surface area contributed by atoms with E-state index in [1.165, 1.54) is 51.7 Å². The number of piperidine rings is 2. The van der Waals surface area contributed by atoms with E-state index in [2.05, 4.69) is 31.3 Å². The van der Waals surface area contributed by atoms with E-state index in [4.69, 9.17) is 0 Å². The van der Waals surface area contributed by atoms with Crippen LogP contribution in [-0.4, -0.2) is 28.3 Å². The molecule has 2 fully saturated rings. The van der Waals surface area contributed by atoms with Gasteiger partial charge in [0.2, 0.25) is 0 Å². The quantitative estimate of drug-likeness (QED) is 0.539. The molecule has 0 atom stereocenters. The molecule has 3 heteroatoms. The monoisotopic (exact) mass is 280 g/mol. The molecule has 12 heavy (non-hydrogen) atoms. The Morgan fingerprint density at radius 1 is 1.08 bits per heavy atom. The molecular formula is C9H17IN2. The lowest BCUT2D eigenvalue weighted by Gasteiger charge is -2.43. The lowest BCUT2D eigenvalue weighted by molar-refractivity contribution is 0.169. The van der Waals surface area contributed by atoms with Crippen LogP contribution in [0.25, 0.3) is 0 Å². The first kappa shape index (κ1) is 9.21. The van der Waals surface area contributed by atoms with E-state index in [9.17, 15) is 0 Å². The van der Waals surface area contributed by atoms with Crippen LogP contribution in [0.2, 0.25) is 0 Å². The van der Waals surface area contributed by atoms with E-state index in [0.717, 1.165) is 0 Å². The number of nitrogens with one attached hydrogen (secondary N) is 1. The Kier molecular flexibility index (Phi) is 2.92. The second kappa shape index (κ2) is 3.80. The van der Waals surface area contributed by atoms with Crippen molar-refractivity contribution in [2.45, 2.75) is 37.6 Å². The third-order valence-electron chi connectivity index (χ3n) is 3.25. The van der Waals surface area contributed by atoms with Crippen molar-refractivity contribution in [2.24, 2.45) is 0 Å². The maximum atomic E-state index is 3.72. The van der Waals surface area contributed by atoms with Gasteiger partial charge in [0.1, 0.15) is 0 Å². The van der Waals surface area contributed by atoms with Crippen molar-refractivity contribution in [2.75, 3.05) is 19.6 Å². The van der Waals surface area contributed by atoms with Crippen molar-refractivity contribution in [3.05, 3.63) is 0 Å². The Labute approximate surface area is 88.6 Å². The summed E-state index contributed by atoms with van der Waals surface area (Å²) in [6.45, 7) is 3.79. The van der Waals surface area contributed by atoms with Gasteiger partial charge in [0.15, 0.2) is 0 Å². The van der Waals surface area contributed by atoms with Gasteiger partial charge in [0.25, 0.3) is 0 Å². The molecule has 1 spiro atoms. The van der Waals surface area contributed by atoms with Gasteiger partial charge in [-0.3, -0.25) is 0 Å². The van der Waals surface area contributed by atoms with Crippen molar-refractivity contribution in [1.82, 2.24) is 8.43 Å². The maximum Gasteiger partial charge on any atom is 0.0206 e. The molecule has 0 bridgehead atoms. The first-order chi connectivity index (χ1) is 5.81. The average molecular weight is 280 g/mol. The van der Waals surface area contributed by atoms with Gasteiger partial charge in [-0.25, -0.2) is 3.11 Å². The van der Waals surface area contributed by atoms with Gasteiger partial charge in [0.05, 0.1) is 0 Å². The molecule has 0 aliphatic carbocycles. The van der Waals surface area contributed by atoms with Crippen molar-refractivity contribution in [1.29, 1.82) is 0 Å². The first-order valence-electron chi connectivity index (χ1n) is 4.97. The van der Waals surface area contributed by atoms with E-state index in [-0.39, 0.29) is 0 Å². The highest BCUT2D eigenvalue weighted by molar-refractivity contribution is 14.1. The van der Waals surface area contributed by atoms with E-state index in [1.54, 1.807) is 0 Å². The van der Waals surface area contributed by atoms with Gasteiger partial charge >= 0.3 is 0 Å². The number of hydrogen-bond donors (Lipinski definition) is 1. The molecule has 2 nitrogen and oxygen atoms in total. The molecule has 0 saturated carbocycles. The smallest absolute Gasteiger partial charge is 0.0206 e. The van der Waals surface area contributed by atoms with Gasteiger partial charge in [-0.2, -0.15) is 0 Å². The highest BCUT2D eigenvalue weighted by atomic mass is 127. The normalized spacial score (nSPS) is 30.8. The fourth-order valence-corrected chi connectivity index (χ4v) is 2.85. The van der Waals surface area contributed by atoms with Crippen molar-refractivity contribution >= 4 is 22.9 Å². The zero-order chi connectivity index (χ0) is 8.44. The Bertz CT molecular complexity index is 145. The maximum absolute atomic E-state index is 3.72. The third kappa shape index (κ3) is 1.93. The second-order valence-corrected chi connectivity index (χ2v) is 5.44. The van der Waals surface area contributed by atoms with Crippen molar-refractivity contribution in [3.63, 3.8) is 0 Å². The summed E-state index contributed by atoms with van der Waals surface area (Å²) in [4.78, 5) is 0. The Morgan fingerprint density at radius 2 is 1.83 bits per heavy atom. The second-order valence-electron chi connectivity index (χ2n) is 4.07. The zero-order valence-electron chi connectivity index (χ0n) is 7.48. The number of rotatable bonds is 0. The molecule has 0 aromatic heterocycles. The minimum absolute atomic E-state index is 0.542. The topological polar surface area (TPSA) is 15.3 Å². The molecule has 2 rings (SSSR count). The number of nitrogens with zero attached hydrogens (tertiary/aromatic N) is 1. The summed E-state index contributed by atoms with van der Waals surface area (Å²) in [5, 5.41) is 3.72. The Hall–Kier alpha value is 0.650. The summed E-state index contributed by atoms with van der Waals surface area (Å²) < 4.78 is 2.42. The van der Waals surface area contributed by atoms with E-state index in [0.29, 0.717) is 5.54 Å². The lowest BCUT2D eigenvalue weighted by Crippen LogP contribution is -2.53. The first-order valence-corrected chi connectivity index (χ1v) is 5.93. The molecular weight excluding hydrogens is 263 g/mol. The van der Waals surface area contributed by atoms with E-state index >= 15 is 0 Å². The van der Waals surface area contributed by atoms with Gasteiger partial charge in [-0.05, 0) is 32.2 Å². The molecule has 0 unspecified atom stereocenters. The predicted molar refractivity (Wildman–Crippen MR) is 59.4 cm³/mol. The van der Waals surface area contributed by atoms with Gasteiger partial charge < -0.3 is 5.32 Å². The molecule has 2 heterocycles. The Morgan fingerprint density at radius 3 is 2.42 bits per heavy atom. The number of hydrogen-bond acceptors (Lipinski definition) is 2. The van der Waals surface area contributed by atoms with Crippen LogP contribution < -0.4 is 5.32 Å². The summed E-state index contributed by atoms with van der Waals surface area (Å²) in [6.07, 6.45) is 6.95. The molecule has 2 saturated heterocycles. The van der Waals surface area contributed by atoms with Gasteiger partial charge in [-0.15, -0.1) is 0 Å². The van der Waals surface area contributed by atoms with Crippen LogP contribution >= 0.6 is 22.9 Å². The minimum atomic E-state index is 0.542. The molecule has 0 aromatic rings. The molecule has 0 amide bonds. The highest BCUT2D eigenvalue weighted by Gasteiger charge is 2.34. The number of halogens is 1. The van der Waals surface area contributed by atoms with Gasteiger partial charge in [-0.1, -0.05) is 6.42 Å². The van der Waals surface area contributed by atoms with Crippen LogP contribution in [0.4, 0.5) is 0 Å². The molecule has 2 aliphatic heterocycles. The fourth-order valence-electron chi connectivity index (χ4n) is 2.36. The van der Waals surface area contributed by atoms with Crippen LogP contribution in [-0.2, 0) is 0 Å². The summed E-state index contributed by atoms with van der Waals surface area (Å²) in [6, 6.07) is 0. The highest BCUT2D eigenvalue weighted by Crippen LogP contribution is 2.31. The molecule has 2 aliphatic rings. The summed E-state index contributed by atoms with van der Waals surface area (Å²) in [5.74, 6) is 0. The summed E-state index contributed by atoms with van der Waals surface area (Å²) >= 11 is 2.44. The van der Waals surface area contributed by atoms with Gasteiger partial charge in [0, 0.05) is 41.5 Å². The van der Waals surface area contributed by atoms with Crippen LogP contribution in [0.1, 0.15) is 32.1 Å². The van der Waals surface area contributed by atoms with Crippen molar-refractivity contribution in [3.8, 4) is 0 Å². The van der Waals surface area contributed by atoms with Crippen molar-refractivity contribution < 1.29 is 0 Å². The SMILES string of the molecule is IN1CCC2(CCCCN2)CC1. The minimum Gasteiger partial charge on any atom is -0.311 e. The largest absolute Gasteiger partial charge is 0.311 e. The van der Waals surface area contributed by atoms with Crippen LogP contribution in [0.15, 0.2) is 0 Å². The molecule has 1 N–H and O–H groups in total. The fraction of sp³-hybridized carbons (Fsp3) is 1.00. The lowest BCUT2D eigenvalue weighted by atomic mass is 9.81. The molecule has 0 radical (unpaired) electrons. The van der Waals surface area contributed by atoms with E-state index < -0.39 is 0 Å². The third-order valence-corrected chi connectivity index (χ3v) is 4.21. The van der Waals surface area contributed by atoms with E-state index in [1.807, 2.05) is 0 Å². The average Bonchev–Trinajstić information content (AvgIpc) is 2.13. The summed E-state index contributed by atoms with van der Waals surface area (Å²) in [7, 11) is 0. The standard InChI is InChI=1S/C9H17IN2/c10-12-7-4-9(5-8-12)3-1-2-6-11-9/h11H,1-8H2. The summed E-state index contributed by atoms with van der Waals surface area (Å²) in [5.41, 5.74) is 0.542. The Balaban J connectivity index is 1.92. The van der Waals surface area contributed by atoms with Crippen LogP contribution in [0.3, 0.4) is 0 Å². The zero-order valence-corrected chi connectivity index (χ0v) is 9.64. The molecule has 0 aromatic carbocycles. The van der Waals surface area contributed by atoms with Crippen LogP contribution in [0, 0.1) is 0 Å². The predicted octanol–water partition coefficient (Wildman–Crippen LogP) is 1.94.